The highest BCUT2D eigenvalue weighted by Gasteiger charge is 2.46. The van der Waals surface area contributed by atoms with Crippen molar-refractivity contribution in [1.29, 1.82) is 0 Å². The van der Waals surface area contributed by atoms with E-state index in [-0.39, 0.29) is 23.6 Å². The van der Waals surface area contributed by atoms with Gasteiger partial charge in [0.15, 0.2) is 0 Å². The number of carbonyl (C=O) groups excluding carboxylic acids is 2. The third kappa shape index (κ3) is 5.46. The van der Waals surface area contributed by atoms with Gasteiger partial charge in [-0.3, -0.25) is 19.7 Å². The van der Waals surface area contributed by atoms with Crippen LogP contribution in [0.3, 0.4) is 0 Å². The van der Waals surface area contributed by atoms with E-state index in [2.05, 4.69) is 11.5 Å². The zero-order valence-electron chi connectivity index (χ0n) is 20.8. The zero-order valence-corrected chi connectivity index (χ0v) is 20.8. The van der Waals surface area contributed by atoms with Gasteiger partial charge in [0.2, 0.25) is 0 Å². The van der Waals surface area contributed by atoms with Gasteiger partial charge in [-0.15, -0.1) is 0 Å². The predicted octanol–water partition coefficient (Wildman–Crippen LogP) is 4.23. The smallest absolute Gasteiger partial charge is 0.295 e. The minimum Gasteiger partial charge on any atom is -0.507 e. The normalized spacial score (nSPS) is 17.0. The molecule has 9 nitrogen and oxygen atoms in total. The molecule has 0 unspecified atom stereocenters. The summed E-state index contributed by atoms with van der Waals surface area (Å²) >= 11 is 0. The minimum atomic E-state index is -0.961. The SMILES string of the molecule is C=CCOc1ccc(C(O)=C2C(=O)C(=O)N(CCN(CC)CC)[C@H]2c2cccc([N+](=O)[O-])c2)cc1C. The van der Waals surface area contributed by atoms with Crippen molar-refractivity contribution in [3.8, 4) is 5.75 Å². The molecule has 1 saturated heterocycles. The van der Waals surface area contributed by atoms with Gasteiger partial charge in [0, 0.05) is 30.8 Å². The molecule has 36 heavy (non-hydrogen) atoms. The number of non-ortho nitro benzene ring substituents is 1. The largest absolute Gasteiger partial charge is 0.507 e. The van der Waals surface area contributed by atoms with Gasteiger partial charge >= 0.3 is 0 Å². The summed E-state index contributed by atoms with van der Waals surface area (Å²) in [4.78, 5) is 40.7. The number of nitro benzene ring substituents is 1. The number of nitro groups is 1. The quantitative estimate of drug-likeness (QED) is 0.124. The summed E-state index contributed by atoms with van der Waals surface area (Å²) in [5, 5.41) is 22.7. The van der Waals surface area contributed by atoms with Crippen molar-refractivity contribution in [2.24, 2.45) is 0 Å². The van der Waals surface area contributed by atoms with Gasteiger partial charge in [-0.2, -0.15) is 0 Å². The average molecular weight is 494 g/mol. The number of aryl methyl sites for hydroxylation is 1. The Labute approximate surface area is 210 Å². The second-order valence-electron chi connectivity index (χ2n) is 8.45. The van der Waals surface area contributed by atoms with Gasteiger partial charge in [-0.05, 0) is 49.3 Å². The van der Waals surface area contributed by atoms with E-state index >= 15 is 0 Å². The molecule has 1 N–H and O–H groups in total. The maximum Gasteiger partial charge on any atom is 0.295 e. The van der Waals surface area contributed by atoms with Gasteiger partial charge in [-0.25, -0.2) is 0 Å². The second kappa shape index (κ2) is 11.6. The first kappa shape index (κ1) is 26.6. The number of carbonyl (C=O) groups is 2. The monoisotopic (exact) mass is 493 g/mol. The molecule has 1 amide bonds. The number of Topliss-reactive ketones (excluding diaryl/α,β-unsaturated/α-hetero) is 1. The fraction of sp³-hybridized carbons (Fsp3) is 0.333. The van der Waals surface area contributed by atoms with Crippen molar-refractivity contribution in [3.05, 3.63) is 87.5 Å². The van der Waals surface area contributed by atoms with Gasteiger partial charge < -0.3 is 19.6 Å². The lowest BCUT2D eigenvalue weighted by atomic mass is 9.94. The summed E-state index contributed by atoms with van der Waals surface area (Å²) < 4.78 is 5.59. The van der Waals surface area contributed by atoms with E-state index in [1.165, 1.54) is 23.1 Å². The Balaban J connectivity index is 2.12. The summed E-state index contributed by atoms with van der Waals surface area (Å²) in [6.07, 6.45) is 1.62. The first-order valence-electron chi connectivity index (χ1n) is 11.8. The summed E-state index contributed by atoms with van der Waals surface area (Å²) in [5.41, 5.74) is 1.19. The number of likely N-dealkylation sites (tertiary alicyclic amines) is 1. The number of amides is 1. The predicted molar refractivity (Wildman–Crippen MR) is 137 cm³/mol. The number of aliphatic hydroxyl groups excluding tert-OH is 1. The van der Waals surface area contributed by atoms with E-state index in [0.717, 1.165) is 18.7 Å². The van der Waals surface area contributed by atoms with E-state index in [4.69, 9.17) is 4.74 Å². The van der Waals surface area contributed by atoms with Gasteiger partial charge in [0.25, 0.3) is 17.4 Å². The van der Waals surface area contributed by atoms with Crippen molar-refractivity contribution >= 4 is 23.1 Å². The van der Waals surface area contributed by atoms with Crippen LogP contribution in [0.2, 0.25) is 0 Å². The average Bonchev–Trinajstić information content (AvgIpc) is 3.13. The van der Waals surface area contributed by atoms with Crippen LogP contribution in [0.1, 0.15) is 36.6 Å². The first-order valence-corrected chi connectivity index (χ1v) is 11.8. The van der Waals surface area contributed by atoms with E-state index < -0.39 is 22.7 Å². The zero-order chi connectivity index (χ0) is 26.4. The molecule has 1 fully saturated rings. The molecule has 190 valence electrons. The Morgan fingerprint density at radius 3 is 2.56 bits per heavy atom. The van der Waals surface area contributed by atoms with Gasteiger partial charge in [-0.1, -0.05) is 38.6 Å². The molecule has 1 heterocycles. The number of hydrogen-bond donors (Lipinski definition) is 1. The van der Waals surface area contributed by atoms with Crippen molar-refractivity contribution in [2.75, 3.05) is 32.8 Å². The fourth-order valence-electron chi connectivity index (χ4n) is 4.32. The summed E-state index contributed by atoms with van der Waals surface area (Å²) in [6.45, 7) is 12.0. The first-order chi connectivity index (χ1) is 17.2. The van der Waals surface area contributed by atoms with Crippen LogP contribution in [0.25, 0.3) is 5.76 Å². The van der Waals surface area contributed by atoms with Crippen LogP contribution >= 0.6 is 0 Å². The van der Waals surface area contributed by atoms with Crippen molar-refractivity contribution < 1.29 is 24.4 Å². The van der Waals surface area contributed by atoms with Crippen LogP contribution < -0.4 is 4.74 Å². The second-order valence-corrected chi connectivity index (χ2v) is 8.45. The Hall–Kier alpha value is -3.98. The van der Waals surface area contributed by atoms with E-state index in [1.807, 2.05) is 13.8 Å². The molecular formula is C27H31N3O6. The fourth-order valence-corrected chi connectivity index (χ4v) is 4.32. The van der Waals surface area contributed by atoms with Gasteiger partial charge in [0.05, 0.1) is 16.5 Å². The van der Waals surface area contributed by atoms with Crippen LogP contribution in [0.5, 0.6) is 5.75 Å². The third-order valence-electron chi connectivity index (χ3n) is 6.29. The highest BCUT2D eigenvalue weighted by Crippen LogP contribution is 2.40. The minimum absolute atomic E-state index is 0.0980. The van der Waals surface area contributed by atoms with Crippen LogP contribution in [0, 0.1) is 17.0 Å². The lowest BCUT2D eigenvalue weighted by Crippen LogP contribution is -2.38. The number of ketones is 1. The molecule has 0 spiro atoms. The third-order valence-corrected chi connectivity index (χ3v) is 6.29. The summed E-state index contributed by atoms with van der Waals surface area (Å²) in [6, 6.07) is 9.80. The molecule has 0 saturated carbocycles. The molecule has 1 atom stereocenters. The van der Waals surface area contributed by atoms with Crippen LogP contribution in [-0.4, -0.2) is 64.3 Å². The Morgan fingerprint density at radius 1 is 1.22 bits per heavy atom. The molecule has 1 aliphatic heterocycles. The number of ether oxygens (including phenoxy) is 1. The Morgan fingerprint density at radius 2 is 1.94 bits per heavy atom. The molecule has 2 aromatic rings. The molecule has 0 aliphatic carbocycles. The number of aliphatic hydroxyl groups is 1. The molecule has 0 aromatic heterocycles. The highest BCUT2D eigenvalue weighted by molar-refractivity contribution is 6.46. The molecule has 1 aliphatic rings. The molecular weight excluding hydrogens is 462 g/mol. The highest BCUT2D eigenvalue weighted by atomic mass is 16.6. The van der Waals surface area contributed by atoms with Crippen molar-refractivity contribution in [1.82, 2.24) is 9.80 Å². The Kier molecular flexibility index (Phi) is 8.60. The number of likely N-dealkylation sites (N-methyl/N-ethyl adjacent to an activating group) is 1. The number of rotatable bonds is 11. The van der Waals surface area contributed by atoms with E-state index in [9.17, 15) is 24.8 Å². The number of benzene rings is 2. The Bertz CT molecular complexity index is 1200. The standard InChI is InChI=1S/C27H31N3O6/c1-5-15-36-22-12-11-20(16-18(22)4)25(31)23-24(19-9-8-10-21(17-19)30(34)35)29(27(33)26(23)32)14-13-28(6-2)7-3/h5,8-12,16-17,24,31H,1,6-7,13-15H2,2-4H3/t24-/m0/s1. The van der Waals surface area contributed by atoms with E-state index in [0.29, 0.717) is 30.0 Å². The van der Waals surface area contributed by atoms with Gasteiger partial charge in [0.1, 0.15) is 18.1 Å². The molecule has 2 aromatic carbocycles. The summed E-state index contributed by atoms with van der Waals surface area (Å²) in [7, 11) is 0. The van der Waals surface area contributed by atoms with Crippen LogP contribution in [0.15, 0.2) is 60.7 Å². The lowest BCUT2D eigenvalue weighted by molar-refractivity contribution is -0.384. The molecule has 0 bridgehead atoms. The molecule has 9 heteroatoms. The lowest BCUT2D eigenvalue weighted by Gasteiger charge is -2.28. The van der Waals surface area contributed by atoms with E-state index in [1.54, 1.807) is 37.3 Å². The maximum absolute atomic E-state index is 13.2. The summed E-state index contributed by atoms with van der Waals surface area (Å²) in [5.74, 6) is -1.31. The molecule has 3 rings (SSSR count). The van der Waals surface area contributed by atoms with Crippen molar-refractivity contribution in [2.45, 2.75) is 26.8 Å². The van der Waals surface area contributed by atoms with Crippen molar-refractivity contribution in [3.63, 3.8) is 0 Å². The van der Waals surface area contributed by atoms with Crippen LogP contribution in [0.4, 0.5) is 5.69 Å². The number of nitrogens with zero attached hydrogens (tertiary/aromatic N) is 3. The van der Waals surface area contributed by atoms with Crippen LogP contribution in [-0.2, 0) is 9.59 Å². The molecule has 0 radical (unpaired) electrons. The topological polar surface area (TPSA) is 113 Å². The number of hydrogen-bond acceptors (Lipinski definition) is 7. The maximum atomic E-state index is 13.2.